The predicted molar refractivity (Wildman–Crippen MR) is 72.6 cm³/mol. The fourth-order valence-electron chi connectivity index (χ4n) is 1.63. The number of carboxylic acids is 1. The molecule has 4 N–H and O–H groups in total. The van der Waals surface area contributed by atoms with Crippen LogP contribution in [0.15, 0.2) is 31.0 Å². The summed E-state index contributed by atoms with van der Waals surface area (Å²) in [5.41, 5.74) is 6.07. The van der Waals surface area contributed by atoms with Crippen LogP contribution >= 0.6 is 0 Å². The molecule has 2 rings (SSSR count). The van der Waals surface area contributed by atoms with Crippen LogP contribution in [-0.2, 0) is 9.59 Å². The van der Waals surface area contributed by atoms with Gasteiger partial charge < -0.3 is 16.2 Å². The second kappa shape index (κ2) is 6.57. The summed E-state index contributed by atoms with van der Waals surface area (Å²) in [5.74, 6) is -1.08. The Kier molecular flexibility index (Phi) is 4.57. The molecule has 0 aromatic carbocycles. The zero-order valence-corrected chi connectivity index (χ0v) is 11.0. The van der Waals surface area contributed by atoms with Gasteiger partial charge in [0.15, 0.2) is 5.82 Å². The Bertz CT molecular complexity index is 628. The van der Waals surface area contributed by atoms with E-state index in [1.165, 1.54) is 17.3 Å². The number of aliphatic carboxylic acids is 1. The van der Waals surface area contributed by atoms with Gasteiger partial charge >= 0.3 is 5.97 Å². The highest BCUT2D eigenvalue weighted by Crippen LogP contribution is 2.16. The molecule has 21 heavy (non-hydrogen) atoms. The number of nitrogens with two attached hydrogens (primary N) is 1. The Hall–Kier alpha value is -2.81. The van der Waals surface area contributed by atoms with Gasteiger partial charge in [-0.15, -0.1) is 0 Å². The SMILES string of the molecule is NC(CCC(=O)O)C(=O)Nc1cccnc1-n1cncn1. The van der Waals surface area contributed by atoms with Gasteiger partial charge in [-0.05, 0) is 18.6 Å². The van der Waals surface area contributed by atoms with E-state index in [2.05, 4.69) is 20.4 Å². The van der Waals surface area contributed by atoms with Gasteiger partial charge in [0.2, 0.25) is 5.91 Å². The molecule has 0 fully saturated rings. The van der Waals surface area contributed by atoms with Crippen molar-refractivity contribution in [2.75, 3.05) is 5.32 Å². The van der Waals surface area contributed by atoms with Crippen molar-refractivity contribution in [1.29, 1.82) is 0 Å². The van der Waals surface area contributed by atoms with Crippen molar-refractivity contribution in [3.05, 3.63) is 31.0 Å². The third-order valence-corrected chi connectivity index (χ3v) is 2.69. The number of rotatable bonds is 6. The largest absolute Gasteiger partial charge is 0.481 e. The first-order valence-electron chi connectivity index (χ1n) is 6.16. The van der Waals surface area contributed by atoms with Crippen molar-refractivity contribution < 1.29 is 14.7 Å². The van der Waals surface area contributed by atoms with Crippen LogP contribution in [0.3, 0.4) is 0 Å². The molecule has 0 aliphatic carbocycles. The number of anilines is 1. The molecule has 1 amide bonds. The fraction of sp³-hybridized carbons (Fsp3) is 0.250. The summed E-state index contributed by atoms with van der Waals surface area (Å²) < 4.78 is 1.40. The Morgan fingerprint density at radius 3 is 2.95 bits per heavy atom. The molecule has 1 atom stereocenters. The maximum atomic E-state index is 11.9. The number of pyridine rings is 1. The molecule has 0 saturated heterocycles. The minimum atomic E-state index is -0.997. The quantitative estimate of drug-likeness (QED) is 0.669. The highest BCUT2D eigenvalue weighted by Gasteiger charge is 2.17. The molecular formula is C12H14N6O3. The van der Waals surface area contributed by atoms with E-state index in [0.717, 1.165) is 0 Å². The molecule has 2 heterocycles. The molecule has 0 saturated carbocycles. The van der Waals surface area contributed by atoms with Gasteiger partial charge in [-0.25, -0.2) is 14.6 Å². The monoisotopic (exact) mass is 290 g/mol. The van der Waals surface area contributed by atoms with Crippen LogP contribution in [0, 0.1) is 0 Å². The lowest BCUT2D eigenvalue weighted by Crippen LogP contribution is -2.36. The van der Waals surface area contributed by atoms with Gasteiger partial charge in [0.05, 0.1) is 11.7 Å². The van der Waals surface area contributed by atoms with E-state index in [1.54, 1.807) is 18.3 Å². The average Bonchev–Trinajstić information content (AvgIpc) is 2.99. The van der Waals surface area contributed by atoms with Gasteiger partial charge in [-0.1, -0.05) is 0 Å². The molecule has 1 unspecified atom stereocenters. The second-order valence-corrected chi connectivity index (χ2v) is 4.24. The van der Waals surface area contributed by atoms with Crippen molar-refractivity contribution >= 4 is 17.6 Å². The maximum absolute atomic E-state index is 11.9. The molecule has 110 valence electrons. The van der Waals surface area contributed by atoms with E-state index in [1.807, 2.05) is 0 Å². The van der Waals surface area contributed by atoms with Gasteiger partial charge in [0, 0.05) is 12.6 Å². The van der Waals surface area contributed by atoms with Crippen LogP contribution < -0.4 is 11.1 Å². The number of amides is 1. The van der Waals surface area contributed by atoms with Crippen LogP contribution in [0.5, 0.6) is 0 Å². The minimum Gasteiger partial charge on any atom is -0.481 e. The molecule has 9 nitrogen and oxygen atoms in total. The van der Waals surface area contributed by atoms with Crippen molar-refractivity contribution in [1.82, 2.24) is 19.7 Å². The maximum Gasteiger partial charge on any atom is 0.303 e. The van der Waals surface area contributed by atoms with Gasteiger partial charge in [0.1, 0.15) is 12.7 Å². The molecule has 2 aromatic rings. The predicted octanol–water partition coefficient (Wildman–Crippen LogP) is -0.207. The molecule has 0 bridgehead atoms. The number of carbonyl (C=O) groups is 2. The molecular weight excluding hydrogens is 276 g/mol. The van der Waals surface area contributed by atoms with Crippen molar-refractivity contribution in [3.63, 3.8) is 0 Å². The second-order valence-electron chi connectivity index (χ2n) is 4.24. The van der Waals surface area contributed by atoms with Crippen molar-refractivity contribution in [2.24, 2.45) is 5.73 Å². The lowest BCUT2D eigenvalue weighted by Gasteiger charge is -2.13. The van der Waals surface area contributed by atoms with Crippen LogP contribution in [0.2, 0.25) is 0 Å². The third-order valence-electron chi connectivity index (χ3n) is 2.69. The molecule has 9 heteroatoms. The summed E-state index contributed by atoms with van der Waals surface area (Å²) in [6.07, 6.45) is 4.23. The summed E-state index contributed by atoms with van der Waals surface area (Å²) >= 11 is 0. The van der Waals surface area contributed by atoms with Crippen LogP contribution in [0.25, 0.3) is 5.82 Å². The summed E-state index contributed by atoms with van der Waals surface area (Å²) in [6, 6.07) is 2.38. The molecule has 0 spiro atoms. The van der Waals surface area contributed by atoms with Gasteiger partial charge in [-0.2, -0.15) is 5.10 Å². The highest BCUT2D eigenvalue weighted by atomic mass is 16.4. The van der Waals surface area contributed by atoms with Crippen LogP contribution in [0.4, 0.5) is 5.69 Å². The first kappa shape index (κ1) is 14.6. The molecule has 0 aliphatic rings. The lowest BCUT2D eigenvalue weighted by molar-refractivity contribution is -0.137. The molecule has 0 radical (unpaired) electrons. The fourth-order valence-corrected chi connectivity index (χ4v) is 1.63. The van der Waals surface area contributed by atoms with E-state index < -0.39 is 17.9 Å². The molecule has 2 aromatic heterocycles. The van der Waals surface area contributed by atoms with Gasteiger partial charge in [0.25, 0.3) is 0 Å². The van der Waals surface area contributed by atoms with Crippen molar-refractivity contribution in [2.45, 2.75) is 18.9 Å². The topological polar surface area (TPSA) is 136 Å². The number of aromatic nitrogens is 4. The Labute approximate surface area is 119 Å². The first-order valence-corrected chi connectivity index (χ1v) is 6.16. The zero-order valence-electron chi connectivity index (χ0n) is 11.0. The summed E-state index contributed by atoms with van der Waals surface area (Å²) in [5, 5.41) is 15.1. The van der Waals surface area contributed by atoms with Crippen LogP contribution in [0.1, 0.15) is 12.8 Å². The van der Waals surface area contributed by atoms with E-state index in [4.69, 9.17) is 10.8 Å². The first-order chi connectivity index (χ1) is 10.1. The van der Waals surface area contributed by atoms with E-state index in [9.17, 15) is 9.59 Å². The normalized spacial score (nSPS) is 11.9. The van der Waals surface area contributed by atoms with Crippen molar-refractivity contribution in [3.8, 4) is 5.82 Å². The number of hydrogen-bond acceptors (Lipinski definition) is 6. The van der Waals surface area contributed by atoms with Gasteiger partial charge in [-0.3, -0.25) is 9.59 Å². The van der Waals surface area contributed by atoms with E-state index in [-0.39, 0.29) is 12.8 Å². The number of nitrogens with one attached hydrogen (secondary N) is 1. The van der Waals surface area contributed by atoms with E-state index in [0.29, 0.717) is 11.5 Å². The summed E-state index contributed by atoms with van der Waals surface area (Å²) in [6.45, 7) is 0. The number of carbonyl (C=O) groups excluding carboxylic acids is 1. The zero-order chi connectivity index (χ0) is 15.2. The number of nitrogens with zero attached hydrogens (tertiary/aromatic N) is 4. The average molecular weight is 290 g/mol. The molecule has 0 aliphatic heterocycles. The third kappa shape index (κ3) is 3.83. The van der Waals surface area contributed by atoms with Crippen LogP contribution in [-0.4, -0.2) is 42.8 Å². The lowest BCUT2D eigenvalue weighted by atomic mass is 10.1. The summed E-state index contributed by atoms with van der Waals surface area (Å²) in [7, 11) is 0. The van der Waals surface area contributed by atoms with E-state index >= 15 is 0 Å². The smallest absolute Gasteiger partial charge is 0.303 e. The summed E-state index contributed by atoms with van der Waals surface area (Å²) in [4.78, 5) is 30.4. The standard InChI is InChI=1S/C12H14N6O3/c13-8(3-4-10(19)20)12(21)17-9-2-1-5-15-11(9)18-7-14-6-16-18/h1-2,5-8H,3-4,13H2,(H,17,21)(H,19,20). The number of carboxylic acid groups (broad SMARTS) is 1. The Morgan fingerprint density at radius 2 is 2.29 bits per heavy atom. The Balaban J connectivity index is 2.09. The number of hydrogen-bond donors (Lipinski definition) is 3. The minimum absolute atomic E-state index is 0.0556. The Morgan fingerprint density at radius 1 is 1.48 bits per heavy atom. The highest BCUT2D eigenvalue weighted by molar-refractivity contribution is 5.96.